The zero-order valence-electron chi connectivity index (χ0n) is 29.0. The van der Waals surface area contributed by atoms with Crippen molar-refractivity contribution in [2.45, 2.75) is 43.7 Å². The molecule has 8 heteroatoms. The number of amides is 2. The van der Waals surface area contributed by atoms with E-state index in [2.05, 4.69) is 24.4 Å². The lowest BCUT2D eigenvalue weighted by Crippen LogP contribution is -2.52. The lowest BCUT2D eigenvalue weighted by molar-refractivity contribution is -0.156. The summed E-state index contributed by atoms with van der Waals surface area (Å²) >= 11 is 6.86. The predicted molar refractivity (Wildman–Crippen MR) is 202 cm³/mol. The highest BCUT2D eigenvalue weighted by molar-refractivity contribution is 6.31. The minimum absolute atomic E-state index is 0.0735. The summed E-state index contributed by atoms with van der Waals surface area (Å²) in [5.41, 5.74) is 4.86. The third kappa shape index (κ3) is 7.06. The molecule has 0 spiro atoms. The van der Waals surface area contributed by atoms with Gasteiger partial charge in [-0.3, -0.25) is 9.59 Å². The summed E-state index contributed by atoms with van der Waals surface area (Å²) in [6.07, 6.45) is 0.486. The number of hydrogen-bond acceptors (Lipinski definition) is 5. The molecule has 1 aliphatic carbocycles. The number of ether oxygens (including phenoxy) is 2. The highest BCUT2D eigenvalue weighted by Crippen LogP contribution is 2.45. The molecular weight excluding hydrogens is 672 g/mol. The van der Waals surface area contributed by atoms with Gasteiger partial charge in [0, 0.05) is 40.7 Å². The maximum absolute atomic E-state index is 14.3. The first-order valence-corrected chi connectivity index (χ1v) is 18.2. The number of fused-ring (bicyclic) bond motifs is 3. The van der Waals surface area contributed by atoms with Crippen molar-refractivity contribution in [3.05, 3.63) is 166 Å². The van der Waals surface area contributed by atoms with E-state index in [0.29, 0.717) is 40.7 Å². The molecular formula is C44H41ClN2O5. The number of hydrogen-bond donors (Lipinski definition) is 1. The van der Waals surface area contributed by atoms with Crippen molar-refractivity contribution in [1.82, 2.24) is 10.2 Å². The quantitative estimate of drug-likeness (QED) is 0.116. The van der Waals surface area contributed by atoms with Crippen LogP contribution in [0.2, 0.25) is 5.02 Å². The summed E-state index contributed by atoms with van der Waals surface area (Å²) in [5, 5.41) is 3.18. The Balaban J connectivity index is 1.17. The molecule has 52 heavy (non-hydrogen) atoms. The van der Waals surface area contributed by atoms with E-state index in [-0.39, 0.29) is 18.4 Å². The van der Waals surface area contributed by atoms with Gasteiger partial charge < -0.3 is 19.7 Å². The van der Waals surface area contributed by atoms with E-state index < -0.39 is 30.1 Å². The second-order valence-corrected chi connectivity index (χ2v) is 14.0. The number of nitrogens with zero attached hydrogens (tertiary/aromatic N) is 1. The summed E-state index contributed by atoms with van der Waals surface area (Å²) in [6, 6.07) is 41.0. The Morgan fingerprint density at radius 1 is 0.750 bits per heavy atom. The molecule has 0 bridgehead atoms. The van der Waals surface area contributed by atoms with Gasteiger partial charge in [0.05, 0.1) is 6.42 Å². The second-order valence-electron chi connectivity index (χ2n) is 13.6. The Bertz CT molecular complexity index is 1960. The second kappa shape index (κ2) is 15.5. The van der Waals surface area contributed by atoms with Crippen molar-refractivity contribution in [2.24, 2.45) is 5.92 Å². The van der Waals surface area contributed by atoms with Gasteiger partial charge in [0.2, 0.25) is 5.91 Å². The number of rotatable bonds is 10. The van der Waals surface area contributed by atoms with Gasteiger partial charge in [0.15, 0.2) is 5.60 Å². The van der Waals surface area contributed by atoms with E-state index in [1.807, 2.05) is 115 Å². The number of nitrogens with one attached hydrogen (secondary N) is 1. The number of carbonyl (C=O) groups excluding carboxylic acids is 3. The standard InChI is InChI=1S/C44H41ClN2O5/c1-30-24-26-47(27-25-30)42(49)40(46-43(50)51-29-37-35-20-10-8-18-33(35)34-19-9-11-21-36(34)37)28-41(48)52-44(31-14-4-2-5-15-31,32-16-6-3-7-17-32)38-22-12-13-23-39(38)45/h2-23,30,37,40H,24-29H2,1H3,(H,46,50)/t40-/m0/s1. The largest absolute Gasteiger partial charge is 0.449 e. The SMILES string of the molecule is CC1CCN(C(=O)[C@H](CC(=O)OC(c2ccccc2)(c2ccccc2)c2ccccc2Cl)NC(=O)OCC2c3ccccc3-c3ccccc32)CC1. The number of carbonyl (C=O) groups is 3. The fourth-order valence-corrected chi connectivity index (χ4v) is 7.82. The minimum atomic E-state index is -1.45. The van der Waals surface area contributed by atoms with E-state index in [1.54, 1.807) is 11.0 Å². The Labute approximate surface area is 309 Å². The van der Waals surface area contributed by atoms with Gasteiger partial charge in [-0.2, -0.15) is 0 Å². The monoisotopic (exact) mass is 712 g/mol. The summed E-state index contributed by atoms with van der Waals surface area (Å²) < 4.78 is 12.4. The Morgan fingerprint density at radius 3 is 1.85 bits per heavy atom. The van der Waals surface area contributed by atoms with Crippen LogP contribution < -0.4 is 5.32 Å². The van der Waals surface area contributed by atoms with Crippen molar-refractivity contribution in [3.63, 3.8) is 0 Å². The molecule has 2 aliphatic rings. The van der Waals surface area contributed by atoms with Crippen molar-refractivity contribution >= 4 is 29.6 Å². The first-order chi connectivity index (χ1) is 25.3. The summed E-state index contributed by atoms with van der Waals surface area (Å²) in [7, 11) is 0. The van der Waals surface area contributed by atoms with Crippen molar-refractivity contribution in [3.8, 4) is 11.1 Å². The number of piperidine rings is 1. The molecule has 1 fully saturated rings. The third-order valence-electron chi connectivity index (χ3n) is 10.3. The molecule has 1 saturated heterocycles. The fraction of sp³-hybridized carbons (Fsp3) is 0.250. The average molecular weight is 713 g/mol. The highest BCUT2D eigenvalue weighted by Gasteiger charge is 2.43. The Hall–Kier alpha value is -5.40. The summed E-state index contributed by atoms with van der Waals surface area (Å²) in [6.45, 7) is 3.31. The van der Waals surface area contributed by atoms with Crippen molar-refractivity contribution in [2.75, 3.05) is 19.7 Å². The van der Waals surface area contributed by atoms with Crippen LogP contribution in [0.25, 0.3) is 11.1 Å². The van der Waals surface area contributed by atoms with Crippen molar-refractivity contribution < 1.29 is 23.9 Å². The predicted octanol–water partition coefficient (Wildman–Crippen LogP) is 8.73. The van der Waals surface area contributed by atoms with Crippen LogP contribution in [0, 0.1) is 5.92 Å². The lowest BCUT2D eigenvalue weighted by Gasteiger charge is -2.37. The molecule has 7 rings (SSSR count). The van der Waals surface area contributed by atoms with Gasteiger partial charge in [-0.1, -0.05) is 146 Å². The smallest absolute Gasteiger partial charge is 0.407 e. The van der Waals surface area contributed by atoms with Crippen LogP contribution in [0.5, 0.6) is 0 Å². The van der Waals surface area contributed by atoms with Crippen LogP contribution in [-0.4, -0.2) is 48.6 Å². The molecule has 0 aromatic heterocycles. The van der Waals surface area contributed by atoms with Gasteiger partial charge in [-0.15, -0.1) is 0 Å². The van der Waals surface area contributed by atoms with Gasteiger partial charge in [0.1, 0.15) is 12.6 Å². The van der Waals surface area contributed by atoms with Crippen LogP contribution in [0.1, 0.15) is 59.9 Å². The number of esters is 1. The molecule has 0 saturated carbocycles. The van der Waals surface area contributed by atoms with E-state index in [1.165, 1.54) is 0 Å². The molecule has 1 aliphatic heterocycles. The fourth-order valence-electron chi connectivity index (χ4n) is 7.55. The third-order valence-corrected chi connectivity index (χ3v) is 10.6. The van der Waals surface area contributed by atoms with E-state index >= 15 is 0 Å². The summed E-state index contributed by atoms with van der Waals surface area (Å²) in [4.78, 5) is 43.8. The molecule has 5 aromatic carbocycles. The molecule has 0 unspecified atom stereocenters. The molecule has 5 aromatic rings. The molecule has 1 heterocycles. The molecule has 264 valence electrons. The molecule has 1 atom stereocenters. The number of likely N-dealkylation sites (tertiary alicyclic amines) is 1. The maximum atomic E-state index is 14.3. The van der Waals surface area contributed by atoms with Gasteiger partial charge >= 0.3 is 12.1 Å². The average Bonchev–Trinajstić information content (AvgIpc) is 3.50. The van der Waals surface area contributed by atoms with Crippen LogP contribution in [-0.2, 0) is 24.7 Å². The molecule has 0 radical (unpaired) electrons. The number of alkyl carbamates (subject to hydrolysis) is 1. The lowest BCUT2D eigenvalue weighted by atomic mass is 9.80. The first kappa shape index (κ1) is 35.0. The van der Waals surface area contributed by atoms with Gasteiger partial charge in [-0.25, -0.2) is 4.79 Å². The molecule has 2 amide bonds. The van der Waals surface area contributed by atoms with Crippen molar-refractivity contribution in [1.29, 1.82) is 0 Å². The van der Waals surface area contributed by atoms with E-state index in [0.717, 1.165) is 35.1 Å². The Morgan fingerprint density at radius 2 is 1.27 bits per heavy atom. The van der Waals surface area contributed by atoms with E-state index in [9.17, 15) is 14.4 Å². The maximum Gasteiger partial charge on any atom is 0.407 e. The van der Waals surface area contributed by atoms with Crippen LogP contribution in [0.3, 0.4) is 0 Å². The number of halogens is 1. The minimum Gasteiger partial charge on any atom is -0.449 e. The topological polar surface area (TPSA) is 84.9 Å². The van der Waals surface area contributed by atoms with Gasteiger partial charge in [0.25, 0.3) is 0 Å². The highest BCUT2D eigenvalue weighted by atomic mass is 35.5. The van der Waals surface area contributed by atoms with E-state index in [4.69, 9.17) is 21.1 Å². The van der Waals surface area contributed by atoms with Gasteiger partial charge in [-0.05, 0) is 47.1 Å². The first-order valence-electron chi connectivity index (χ1n) is 17.8. The molecule has 1 N–H and O–H groups in total. The zero-order chi connectivity index (χ0) is 36.1. The van der Waals surface area contributed by atoms with Crippen LogP contribution >= 0.6 is 11.6 Å². The normalized spacial score (nSPS) is 14.9. The zero-order valence-corrected chi connectivity index (χ0v) is 29.8. The molecule has 7 nitrogen and oxygen atoms in total. The van der Waals surface area contributed by atoms with Crippen LogP contribution in [0.4, 0.5) is 4.79 Å². The summed E-state index contributed by atoms with van der Waals surface area (Å²) in [5.74, 6) is -0.709. The van der Waals surface area contributed by atoms with Crippen LogP contribution in [0.15, 0.2) is 133 Å². The number of benzene rings is 5. The Kier molecular flexibility index (Phi) is 10.4.